The lowest BCUT2D eigenvalue weighted by atomic mass is 10.0. The molecule has 0 saturated carbocycles. The second-order valence-electron chi connectivity index (χ2n) is 7.04. The lowest BCUT2D eigenvalue weighted by molar-refractivity contribution is -0.136. The summed E-state index contributed by atoms with van der Waals surface area (Å²) >= 11 is 0. The van der Waals surface area contributed by atoms with Crippen molar-refractivity contribution < 1.29 is 14.0 Å². The molecule has 2 amide bonds. The minimum atomic E-state index is -0.376. The summed E-state index contributed by atoms with van der Waals surface area (Å²) in [6, 6.07) is 5.50. The predicted octanol–water partition coefficient (Wildman–Crippen LogP) is 1.44. The Morgan fingerprint density at radius 1 is 1.23 bits per heavy atom. The van der Waals surface area contributed by atoms with Crippen LogP contribution in [0.3, 0.4) is 0 Å². The summed E-state index contributed by atoms with van der Waals surface area (Å²) in [4.78, 5) is 28.9. The Morgan fingerprint density at radius 3 is 2.65 bits per heavy atom. The van der Waals surface area contributed by atoms with Crippen LogP contribution in [0.2, 0.25) is 0 Å². The highest BCUT2D eigenvalue weighted by Gasteiger charge is 2.31. The molecule has 1 unspecified atom stereocenters. The summed E-state index contributed by atoms with van der Waals surface area (Å²) in [7, 11) is 0. The zero-order valence-electron chi connectivity index (χ0n) is 15.2. The highest BCUT2D eigenvalue weighted by molar-refractivity contribution is 5.94. The van der Waals surface area contributed by atoms with Crippen LogP contribution < -0.4 is 10.6 Å². The molecule has 2 aliphatic heterocycles. The number of halogens is 1. The third kappa shape index (κ3) is 4.59. The Hall–Kier alpha value is -1.99. The molecule has 6 nitrogen and oxygen atoms in total. The SMILES string of the molecule is CC(C(=O)Nc1cccc(F)c1)N1CCN(C(=O)[C@H]2CCCCN2)CC1. The average Bonchev–Trinajstić information content (AvgIpc) is 2.67. The Morgan fingerprint density at radius 2 is 2.00 bits per heavy atom. The Bertz CT molecular complexity index is 640. The van der Waals surface area contributed by atoms with E-state index in [0.717, 1.165) is 25.8 Å². The fraction of sp³-hybridized carbons (Fsp3) is 0.579. The van der Waals surface area contributed by atoms with E-state index >= 15 is 0 Å². The van der Waals surface area contributed by atoms with Crippen molar-refractivity contribution >= 4 is 17.5 Å². The molecule has 2 fully saturated rings. The van der Waals surface area contributed by atoms with Crippen molar-refractivity contribution in [1.82, 2.24) is 15.1 Å². The summed E-state index contributed by atoms with van der Waals surface area (Å²) in [5.74, 6) is -0.357. The molecule has 3 rings (SSSR count). The first-order chi connectivity index (χ1) is 12.5. The first-order valence-electron chi connectivity index (χ1n) is 9.37. The van der Waals surface area contributed by atoms with Gasteiger partial charge in [-0.2, -0.15) is 0 Å². The van der Waals surface area contributed by atoms with Crippen LogP contribution >= 0.6 is 0 Å². The fourth-order valence-corrected chi connectivity index (χ4v) is 3.59. The Labute approximate surface area is 153 Å². The molecule has 1 aromatic carbocycles. The second-order valence-corrected chi connectivity index (χ2v) is 7.04. The number of nitrogens with one attached hydrogen (secondary N) is 2. The van der Waals surface area contributed by atoms with Crippen molar-refractivity contribution in [2.45, 2.75) is 38.3 Å². The Balaban J connectivity index is 1.49. The van der Waals surface area contributed by atoms with Gasteiger partial charge in [0.2, 0.25) is 11.8 Å². The molecule has 7 heteroatoms. The van der Waals surface area contributed by atoms with E-state index in [0.29, 0.717) is 31.9 Å². The highest BCUT2D eigenvalue weighted by Crippen LogP contribution is 2.15. The van der Waals surface area contributed by atoms with Crippen molar-refractivity contribution in [2.75, 3.05) is 38.0 Å². The average molecular weight is 362 g/mol. The molecule has 26 heavy (non-hydrogen) atoms. The first-order valence-corrected chi connectivity index (χ1v) is 9.37. The number of carbonyl (C=O) groups is 2. The third-order valence-electron chi connectivity index (χ3n) is 5.25. The van der Waals surface area contributed by atoms with Gasteiger partial charge in [0, 0.05) is 31.9 Å². The normalized spacial score (nSPS) is 22.7. The standard InChI is InChI=1S/C19H27FN4O2/c1-14(18(25)22-16-6-4-5-15(20)13-16)23-9-11-24(12-10-23)19(26)17-7-2-3-8-21-17/h4-6,13-14,17,21H,2-3,7-12H2,1H3,(H,22,25)/t14?,17-/m1/s1. The van der Waals surface area contributed by atoms with E-state index in [4.69, 9.17) is 0 Å². The van der Waals surface area contributed by atoms with Crippen molar-refractivity contribution in [2.24, 2.45) is 0 Å². The molecule has 1 aromatic rings. The molecule has 0 radical (unpaired) electrons. The summed E-state index contributed by atoms with van der Waals surface area (Å²) in [5.41, 5.74) is 0.457. The maximum absolute atomic E-state index is 13.2. The molecular formula is C19H27FN4O2. The number of carbonyl (C=O) groups excluding carboxylic acids is 2. The third-order valence-corrected chi connectivity index (χ3v) is 5.25. The fourth-order valence-electron chi connectivity index (χ4n) is 3.59. The van der Waals surface area contributed by atoms with Crippen LogP contribution in [-0.2, 0) is 9.59 Å². The summed E-state index contributed by atoms with van der Waals surface area (Å²) < 4.78 is 13.2. The molecular weight excluding hydrogens is 335 g/mol. The van der Waals surface area contributed by atoms with E-state index in [-0.39, 0.29) is 29.7 Å². The number of amides is 2. The number of benzene rings is 1. The zero-order chi connectivity index (χ0) is 18.5. The minimum absolute atomic E-state index is 0.0519. The smallest absolute Gasteiger partial charge is 0.241 e. The van der Waals surface area contributed by atoms with Gasteiger partial charge >= 0.3 is 0 Å². The number of hydrogen-bond acceptors (Lipinski definition) is 4. The number of nitrogens with zero attached hydrogens (tertiary/aromatic N) is 2. The van der Waals surface area contributed by atoms with Crippen LogP contribution in [-0.4, -0.2) is 66.4 Å². The molecule has 0 aromatic heterocycles. The van der Waals surface area contributed by atoms with E-state index in [2.05, 4.69) is 15.5 Å². The molecule has 2 aliphatic rings. The van der Waals surface area contributed by atoms with Crippen LogP contribution in [0, 0.1) is 5.82 Å². The molecule has 0 aliphatic carbocycles. The van der Waals surface area contributed by atoms with Gasteiger partial charge in [-0.3, -0.25) is 14.5 Å². The summed E-state index contributed by atoms with van der Waals surface area (Å²) in [6.45, 7) is 5.35. The van der Waals surface area contributed by atoms with Crippen molar-refractivity contribution in [3.05, 3.63) is 30.1 Å². The largest absolute Gasteiger partial charge is 0.339 e. The molecule has 2 heterocycles. The molecule has 2 atom stereocenters. The molecule has 2 N–H and O–H groups in total. The van der Waals surface area contributed by atoms with Crippen LogP contribution in [0.25, 0.3) is 0 Å². The predicted molar refractivity (Wildman–Crippen MR) is 98.3 cm³/mol. The van der Waals surface area contributed by atoms with E-state index in [1.807, 2.05) is 11.8 Å². The van der Waals surface area contributed by atoms with Crippen molar-refractivity contribution in [3.8, 4) is 0 Å². The lowest BCUT2D eigenvalue weighted by Crippen LogP contribution is -2.57. The lowest BCUT2D eigenvalue weighted by Gasteiger charge is -2.39. The van der Waals surface area contributed by atoms with Gasteiger partial charge in [-0.15, -0.1) is 0 Å². The van der Waals surface area contributed by atoms with E-state index in [9.17, 15) is 14.0 Å². The van der Waals surface area contributed by atoms with Crippen molar-refractivity contribution in [1.29, 1.82) is 0 Å². The number of piperidine rings is 1. The van der Waals surface area contributed by atoms with Gasteiger partial charge in [-0.1, -0.05) is 12.5 Å². The first kappa shape index (κ1) is 18.8. The number of hydrogen-bond donors (Lipinski definition) is 2. The maximum atomic E-state index is 13.2. The van der Waals surface area contributed by atoms with Crippen LogP contribution in [0.5, 0.6) is 0 Å². The van der Waals surface area contributed by atoms with Gasteiger partial charge in [-0.05, 0) is 44.5 Å². The quantitative estimate of drug-likeness (QED) is 0.851. The van der Waals surface area contributed by atoms with Gasteiger partial charge in [0.25, 0.3) is 0 Å². The molecule has 0 spiro atoms. The van der Waals surface area contributed by atoms with Gasteiger partial charge in [0.05, 0.1) is 12.1 Å². The summed E-state index contributed by atoms with van der Waals surface area (Å²) in [6.07, 6.45) is 3.14. The van der Waals surface area contributed by atoms with Gasteiger partial charge in [0.1, 0.15) is 5.82 Å². The van der Waals surface area contributed by atoms with E-state index in [1.54, 1.807) is 12.1 Å². The van der Waals surface area contributed by atoms with Gasteiger partial charge in [-0.25, -0.2) is 4.39 Å². The molecule has 0 bridgehead atoms. The molecule has 142 valence electrons. The van der Waals surface area contributed by atoms with E-state index < -0.39 is 0 Å². The zero-order valence-corrected chi connectivity index (χ0v) is 15.2. The number of rotatable bonds is 4. The monoisotopic (exact) mass is 362 g/mol. The second kappa shape index (κ2) is 8.60. The van der Waals surface area contributed by atoms with E-state index in [1.165, 1.54) is 12.1 Å². The minimum Gasteiger partial charge on any atom is -0.339 e. The number of piperazine rings is 1. The van der Waals surface area contributed by atoms with Crippen LogP contribution in [0.1, 0.15) is 26.2 Å². The topological polar surface area (TPSA) is 64.7 Å². The van der Waals surface area contributed by atoms with Crippen LogP contribution in [0.4, 0.5) is 10.1 Å². The molecule has 2 saturated heterocycles. The Kier molecular flexibility index (Phi) is 6.21. The van der Waals surface area contributed by atoms with Gasteiger partial charge < -0.3 is 15.5 Å². The summed E-state index contributed by atoms with van der Waals surface area (Å²) in [5, 5.41) is 6.05. The maximum Gasteiger partial charge on any atom is 0.241 e. The van der Waals surface area contributed by atoms with Crippen LogP contribution in [0.15, 0.2) is 24.3 Å². The number of anilines is 1. The van der Waals surface area contributed by atoms with Gasteiger partial charge in [0.15, 0.2) is 0 Å². The highest BCUT2D eigenvalue weighted by atomic mass is 19.1. The van der Waals surface area contributed by atoms with Crippen molar-refractivity contribution in [3.63, 3.8) is 0 Å².